The lowest BCUT2D eigenvalue weighted by atomic mass is 10.2. The van der Waals surface area contributed by atoms with Gasteiger partial charge in [0.15, 0.2) is 5.69 Å². The third-order valence-corrected chi connectivity index (χ3v) is 3.73. The zero-order valence-electron chi connectivity index (χ0n) is 13.9. The predicted molar refractivity (Wildman–Crippen MR) is 90.4 cm³/mol. The quantitative estimate of drug-likeness (QED) is 0.566. The van der Waals surface area contributed by atoms with Crippen LogP contribution in [0.15, 0.2) is 48.3 Å². The molecule has 0 spiro atoms. The lowest BCUT2D eigenvalue weighted by Crippen LogP contribution is -2.34. The summed E-state index contributed by atoms with van der Waals surface area (Å²) in [6.07, 6.45) is 2.82. The third-order valence-electron chi connectivity index (χ3n) is 3.73. The molecule has 0 bridgehead atoms. The maximum atomic E-state index is 12.1. The van der Waals surface area contributed by atoms with Crippen LogP contribution in [0, 0.1) is 0 Å². The number of hydrogen-bond donors (Lipinski definition) is 2. The molecule has 1 aromatic carbocycles. The number of β-amino-alcohol motifs (C(OH)–C–C–N with tert-alkyl or cyclic N) is 1. The van der Waals surface area contributed by atoms with Gasteiger partial charge in [-0.25, -0.2) is 9.48 Å². The Labute approximate surface area is 148 Å². The van der Waals surface area contributed by atoms with Crippen LogP contribution in [0.4, 0.5) is 5.69 Å². The van der Waals surface area contributed by atoms with Gasteiger partial charge in [0.25, 0.3) is 11.8 Å². The summed E-state index contributed by atoms with van der Waals surface area (Å²) in [4.78, 5) is 36.2. The number of hydrogen-bond acceptors (Lipinski definition) is 7. The molecule has 0 aliphatic carbocycles. The molecule has 0 atom stereocenters. The van der Waals surface area contributed by atoms with Crippen LogP contribution in [-0.4, -0.2) is 57.8 Å². The Morgan fingerprint density at radius 2 is 1.96 bits per heavy atom. The molecule has 2 heterocycles. The fourth-order valence-electron chi connectivity index (χ4n) is 2.44. The van der Waals surface area contributed by atoms with E-state index in [1.165, 1.54) is 17.9 Å². The Bertz CT molecular complexity index is 885. The Kier molecular flexibility index (Phi) is 4.81. The van der Waals surface area contributed by atoms with Crippen LogP contribution in [0.2, 0.25) is 0 Å². The number of aromatic nitrogens is 2. The first-order chi connectivity index (χ1) is 12.5. The summed E-state index contributed by atoms with van der Waals surface area (Å²) in [5, 5.41) is 15.9. The van der Waals surface area contributed by atoms with E-state index in [0.717, 1.165) is 4.90 Å². The molecule has 0 saturated carbocycles. The van der Waals surface area contributed by atoms with Crippen molar-refractivity contribution >= 4 is 23.5 Å². The number of amides is 2. The average molecular weight is 356 g/mol. The number of carbonyl (C=O) groups excluding carboxylic acids is 3. The molecule has 1 aliphatic rings. The summed E-state index contributed by atoms with van der Waals surface area (Å²) in [7, 11) is 1.28. The number of esters is 1. The molecule has 26 heavy (non-hydrogen) atoms. The first-order valence-electron chi connectivity index (χ1n) is 7.73. The molecule has 0 unspecified atom stereocenters. The van der Waals surface area contributed by atoms with Gasteiger partial charge in [-0.15, -0.1) is 0 Å². The summed E-state index contributed by atoms with van der Waals surface area (Å²) in [6.45, 7) is -0.329. The maximum absolute atomic E-state index is 12.1. The Morgan fingerprint density at radius 1 is 1.23 bits per heavy atom. The number of methoxy groups -OCH3 is 1. The monoisotopic (exact) mass is 356 g/mol. The number of benzene rings is 1. The van der Waals surface area contributed by atoms with E-state index >= 15 is 0 Å². The van der Waals surface area contributed by atoms with Crippen molar-refractivity contribution in [3.63, 3.8) is 0 Å². The number of nitrogens with zero attached hydrogens (tertiary/aromatic N) is 3. The van der Waals surface area contributed by atoms with Gasteiger partial charge in [0.05, 0.1) is 25.9 Å². The number of imide groups is 1. The molecule has 0 radical (unpaired) electrons. The van der Waals surface area contributed by atoms with Gasteiger partial charge >= 0.3 is 5.97 Å². The van der Waals surface area contributed by atoms with E-state index < -0.39 is 17.8 Å². The maximum Gasteiger partial charge on any atom is 0.358 e. The van der Waals surface area contributed by atoms with Crippen molar-refractivity contribution in [2.75, 3.05) is 25.6 Å². The van der Waals surface area contributed by atoms with Crippen molar-refractivity contribution in [3.05, 3.63) is 54.0 Å². The summed E-state index contributed by atoms with van der Waals surface area (Å²) >= 11 is 0. The van der Waals surface area contributed by atoms with Gasteiger partial charge in [0.1, 0.15) is 5.70 Å². The van der Waals surface area contributed by atoms with Gasteiger partial charge in [-0.3, -0.25) is 14.5 Å². The van der Waals surface area contributed by atoms with Crippen LogP contribution in [0.25, 0.3) is 5.69 Å². The van der Waals surface area contributed by atoms with Crippen LogP contribution >= 0.6 is 0 Å². The topological polar surface area (TPSA) is 114 Å². The van der Waals surface area contributed by atoms with Gasteiger partial charge < -0.3 is 15.2 Å². The molecular weight excluding hydrogens is 340 g/mol. The van der Waals surface area contributed by atoms with E-state index in [1.54, 1.807) is 36.5 Å². The van der Waals surface area contributed by atoms with Crippen molar-refractivity contribution in [1.82, 2.24) is 14.7 Å². The van der Waals surface area contributed by atoms with E-state index in [1.807, 2.05) is 0 Å². The molecule has 9 heteroatoms. The van der Waals surface area contributed by atoms with E-state index in [4.69, 9.17) is 5.11 Å². The van der Waals surface area contributed by atoms with E-state index in [-0.39, 0.29) is 24.5 Å². The summed E-state index contributed by atoms with van der Waals surface area (Å²) in [5.74, 6) is -1.47. The van der Waals surface area contributed by atoms with Crippen LogP contribution in [-0.2, 0) is 14.3 Å². The molecule has 3 rings (SSSR count). The molecule has 134 valence electrons. The zero-order chi connectivity index (χ0) is 18.7. The standard InChI is InChI=1S/C17H16N4O5/c1-26-17(25)13-6-7-21(19-13)12-4-2-11(3-5-12)18-14-10-15(23)20(8-9-22)16(14)24/h2-7,10,18,22H,8-9H2,1H3. The van der Waals surface area contributed by atoms with Crippen molar-refractivity contribution in [1.29, 1.82) is 0 Å². The number of ether oxygens (including phenoxy) is 1. The predicted octanol–water partition coefficient (Wildman–Crippen LogP) is 0.316. The molecule has 2 N–H and O–H groups in total. The van der Waals surface area contributed by atoms with Crippen LogP contribution in [0.5, 0.6) is 0 Å². The second kappa shape index (κ2) is 7.19. The number of carbonyl (C=O) groups is 3. The molecule has 0 saturated heterocycles. The Hall–Kier alpha value is -3.46. The molecule has 0 fully saturated rings. The first-order valence-corrected chi connectivity index (χ1v) is 7.73. The minimum absolute atomic E-state index is 0.0416. The highest BCUT2D eigenvalue weighted by Gasteiger charge is 2.30. The summed E-state index contributed by atoms with van der Waals surface area (Å²) in [6, 6.07) is 8.44. The second-order valence-electron chi connectivity index (χ2n) is 5.39. The van der Waals surface area contributed by atoms with Gasteiger partial charge in [0.2, 0.25) is 0 Å². The van der Waals surface area contributed by atoms with Gasteiger partial charge in [-0.1, -0.05) is 0 Å². The lowest BCUT2D eigenvalue weighted by Gasteiger charge is -2.13. The van der Waals surface area contributed by atoms with Crippen molar-refractivity contribution in [2.24, 2.45) is 0 Å². The van der Waals surface area contributed by atoms with E-state index in [2.05, 4.69) is 15.2 Å². The van der Waals surface area contributed by atoms with Crippen molar-refractivity contribution in [2.45, 2.75) is 0 Å². The molecule has 9 nitrogen and oxygen atoms in total. The Morgan fingerprint density at radius 3 is 2.62 bits per heavy atom. The zero-order valence-corrected chi connectivity index (χ0v) is 13.9. The second-order valence-corrected chi connectivity index (χ2v) is 5.39. The summed E-state index contributed by atoms with van der Waals surface area (Å²) in [5.41, 5.74) is 1.64. The van der Waals surface area contributed by atoms with Crippen LogP contribution in [0.1, 0.15) is 10.5 Å². The molecule has 2 aromatic rings. The summed E-state index contributed by atoms with van der Waals surface area (Å²) < 4.78 is 6.13. The van der Waals surface area contributed by atoms with Crippen molar-refractivity contribution in [3.8, 4) is 5.69 Å². The number of rotatable bonds is 6. The average Bonchev–Trinajstić information content (AvgIpc) is 3.23. The van der Waals surface area contributed by atoms with Gasteiger partial charge in [0, 0.05) is 18.0 Å². The highest BCUT2D eigenvalue weighted by Crippen LogP contribution is 2.19. The van der Waals surface area contributed by atoms with Gasteiger partial charge in [-0.05, 0) is 30.3 Å². The lowest BCUT2D eigenvalue weighted by molar-refractivity contribution is -0.137. The fourth-order valence-corrected chi connectivity index (χ4v) is 2.44. The van der Waals surface area contributed by atoms with E-state index in [0.29, 0.717) is 11.4 Å². The first kappa shape index (κ1) is 17.4. The third kappa shape index (κ3) is 3.33. The minimum Gasteiger partial charge on any atom is -0.464 e. The number of nitrogens with one attached hydrogen (secondary N) is 1. The molecular formula is C17H16N4O5. The minimum atomic E-state index is -0.522. The number of aliphatic hydroxyl groups excluding tert-OH is 1. The largest absolute Gasteiger partial charge is 0.464 e. The highest BCUT2D eigenvalue weighted by molar-refractivity contribution is 6.17. The SMILES string of the molecule is COC(=O)c1ccn(-c2ccc(NC3=CC(=O)N(CCO)C3=O)cc2)n1. The Balaban J connectivity index is 1.72. The van der Waals surface area contributed by atoms with Crippen LogP contribution in [0.3, 0.4) is 0 Å². The van der Waals surface area contributed by atoms with Crippen LogP contribution < -0.4 is 5.32 Å². The number of anilines is 1. The molecule has 1 aromatic heterocycles. The molecule has 1 aliphatic heterocycles. The number of aliphatic hydroxyl groups is 1. The highest BCUT2D eigenvalue weighted by atomic mass is 16.5. The van der Waals surface area contributed by atoms with E-state index in [9.17, 15) is 14.4 Å². The fraction of sp³-hybridized carbons (Fsp3) is 0.176. The smallest absolute Gasteiger partial charge is 0.358 e. The normalized spacial score (nSPS) is 13.8. The van der Waals surface area contributed by atoms with Crippen molar-refractivity contribution < 1.29 is 24.2 Å². The van der Waals surface area contributed by atoms with Gasteiger partial charge in [-0.2, -0.15) is 5.10 Å². The molecule has 2 amide bonds.